The minimum Gasteiger partial charge on any atom is -0.469 e. The van der Waals surface area contributed by atoms with Crippen LogP contribution in [0.2, 0.25) is 0 Å². The molecule has 0 aromatic heterocycles. The highest BCUT2D eigenvalue weighted by atomic mass is 16.5. The standard InChI is InChI=1S/C13H18O2/c1-13(2,3)11-7-5-6-10(8-11)9-12(14)15-4/h5-8H,9H2,1-4H3. The molecule has 1 aromatic rings. The molecule has 0 N–H and O–H groups in total. The molecule has 15 heavy (non-hydrogen) atoms. The van der Waals surface area contributed by atoms with Crippen molar-refractivity contribution in [1.29, 1.82) is 0 Å². The van der Waals surface area contributed by atoms with Crippen LogP contribution >= 0.6 is 0 Å². The fraction of sp³-hybridized carbons (Fsp3) is 0.462. The minimum absolute atomic E-state index is 0.117. The van der Waals surface area contributed by atoms with Gasteiger partial charge in [-0.1, -0.05) is 45.0 Å². The second kappa shape index (κ2) is 4.47. The predicted molar refractivity (Wildman–Crippen MR) is 60.9 cm³/mol. The average Bonchev–Trinajstić information content (AvgIpc) is 2.17. The summed E-state index contributed by atoms with van der Waals surface area (Å²) in [5.41, 5.74) is 2.37. The van der Waals surface area contributed by atoms with Gasteiger partial charge in [-0.25, -0.2) is 0 Å². The molecule has 2 nitrogen and oxygen atoms in total. The van der Waals surface area contributed by atoms with Gasteiger partial charge in [0.25, 0.3) is 0 Å². The average molecular weight is 206 g/mol. The largest absolute Gasteiger partial charge is 0.469 e. The number of esters is 1. The molecule has 0 fully saturated rings. The molecule has 2 heteroatoms. The van der Waals surface area contributed by atoms with Gasteiger partial charge < -0.3 is 4.74 Å². The van der Waals surface area contributed by atoms with Crippen molar-refractivity contribution in [2.75, 3.05) is 7.11 Å². The van der Waals surface area contributed by atoms with Crippen molar-refractivity contribution in [2.45, 2.75) is 32.6 Å². The van der Waals surface area contributed by atoms with E-state index in [0.29, 0.717) is 6.42 Å². The molecular formula is C13H18O2. The molecule has 0 bridgehead atoms. The molecule has 0 atom stereocenters. The molecule has 82 valence electrons. The van der Waals surface area contributed by atoms with Gasteiger partial charge in [0, 0.05) is 0 Å². The Hall–Kier alpha value is -1.31. The molecule has 0 aliphatic heterocycles. The summed E-state index contributed by atoms with van der Waals surface area (Å²) in [5, 5.41) is 0. The SMILES string of the molecule is COC(=O)Cc1cccc(C(C)(C)C)c1. The van der Waals surface area contributed by atoms with Gasteiger partial charge in [-0.15, -0.1) is 0 Å². The Kier molecular flexibility index (Phi) is 3.51. The Morgan fingerprint density at radius 3 is 2.53 bits per heavy atom. The highest BCUT2D eigenvalue weighted by Crippen LogP contribution is 2.22. The number of carbonyl (C=O) groups excluding carboxylic acids is 1. The van der Waals surface area contributed by atoms with E-state index in [4.69, 9.17) is 0 Å². The summed E-state index contributed by atoms with van der Waals surface area (Å²) in [5.74, 6) is -0.193. The van der Waals surface area contributed by atoms with E-state index < -0.39 is 0 Å². The van der Waals surface area contributed by atoms with Crippen LogP contribution in [0.5, 0.6) is 0 Å². The van der Waals surface area contributed by atoms with E-state index in [1.54, 1.807) is 0 Å². The van der Waals surface area contributed by atoms with Crippen LogP contribution in [-0.2, 0) is 21.4 Å². The van der Waals surface area contributed by atoms with Crippen LogP contribution in [0.1, 0.15) is 31.9 Å². The van der Waals surface area contributed by atoms with Gasteiger partial charge >= 0.3 is 5.97 Å². The van der Waals surface area contributed by atoms with Crippen LogP contribution in [0.25, 0.3) is 0 Å². The highest BCUT2D eigenvalue weighted by Gasteiger charge is 2.14. The fourth-order valence-electron chi connectivity index (χ4n) is 1.39. The molecule has 1 aromatic carbocycles. The maximum atomic E-state index is 11.1. The molecule has 0 amide bonds. The van der Waals surface area contributed by atoms with Crippen LogP contribution in [0, 0.1) is 0 Å². The number of methoxy groups -OCH3 is 1. The van der Waals surface area contributed by atoms with Gasteiger partial charge in [-0.2, -0.15) is 0 Å². The third-order valence-electron chi connectivity index (χ3n) is 2.37. The van der Waals surface area contributed by atoms with E-state index in [1.807, 2.05) is 12.1 Å². The Morgan fingerprint density at radius 1 is 1.33 bits per heavy atom. The van der Waals surface area contributed by atoms with Crippen LogP contribution in [0.4, 0.5) is 0 Å². The third-order valence-corrected chi connectivity index (χ3v) is 2.37. The lowest BCUT2D eigenvalue weighted by Crippen LogP contribution is -2.12. The summed E-state index contributed by atoms with van der Waals surface area (Å²) >= 11 is 0. The Bertz CT molecular complexity index is 348. The lowest BCUT2D eigenvalue weighted by Gasteiger charge is -2.19. The van der Waals surface area contributed by atoms with Crippen LogP contribution in [0.3, 0.4) is 0 Å². The van der Waals surface area contributed by atoms with Gasteiger partial charge in [0.1, 0.15) is 0 Å². The second-order valence-corrected chi connectivity index (χ2v) is 4.70. The first-order valence-electron chi connectivity index (χ1n) is 5.09. The van der Waals surface area contributed by atoms with Gasteiger partial charge in [0.05, 0.1) is 13.5 Å². The first-order chi connectivity index (χ1) is 6.93. The lowest BCUT2D eigenvalue weighted by molar-refractivity contribution is -0.139. The Morgan fingerprint density at radius 2 is 2.00 bits per heavy atom. The summed E-state index contributed by atoms with van der Waals surface area (Å²) in [6.45, 7) is 6.47. The number of hydrogen-bond donors (Lipinski definition) is 0. The monoisotopic (exact) mass is 206 g/mol. The van der Waals surface area contributed by atoms with Crippen LogP contribution in [-0.4, -0.2) is 13.1 Å². The fourth-order valence-corrected chi connectivity index (χ4v) is 1.39. The maximum Gasteiger partial charge on any atom is 0.309 e. The van der Waals surface area contributed by atoms with Gasteiger partial charge in [0.2, 0.25) is 0 Å². The van der Waals surface area contributed by atoms with E-state index >= 15 is 0 Å². The molecule has 0 aliphatic carbocycles. The highest BCUT2D eigenvalue weighted by molar-refractivity contribution is 5.72. The van der Waals surface area contributed by atoms with E-state index in [0.717, 1.165) is 5.56 Å². The summed E-state index contributed by atoms with van der Waals surface area (Å²) in [7, 11) is 1.41. The smallest absolute Gasteiger partial charge is 0.309 e. The number of ether oxygens (including phenoxy) is 1. The van der Waals surface area contributed by atoms with E-state index in [2.05, 4.69) is 37.6 Å². The molecule has 0 radical (unpaired) electrons. The number of rotatable bonds is 2. The summed E-state index contributed by atoms with van der Waals surface area (Å²) < 4.78 is 4.64. The van der Waals surface area contributed by atoms with E-state index in [9.17, 15) is 4.79 Å². The van der Waals surface area contributed by atoms with Gasteiger partial charge in [-0.05, 0) is 16.5 Å². The molecule has 0 saturated heterocycles. The number of carbonyl (C=O) groups is 1. The molecule has 0 unspecified atom stereocenters. The van der Waals surface area contributed by atoms with Gasteiger partial charge in [0.15, 0.2) is 0 Å². The molecule has 1 rings (SSSR count). The maximum absolute atomic E-state index is 11.1. The van der Waals surface area contributed by atoms with Crippen LogP contribution < -0.4 is 0 Å². The van der Waals surface area contributed by atoms with Crippen molar-refractivity contribution in [3.8, 4) is 0 Å². The first-order valence-corrected chi connectivity index (χ1v) is 5.09. The lowest BCUT2D eigenvalue weighted by atomic mass is 9.86. The molecule has 0 spiro atoms. The molecule has 0 heterocycles. The quantitative estimate of drug-likeness (QED) is 0.695. The molecule has 0 aliphatic rings. The van der Waals surface area contributed by atoms with Crippen molar-refractivity contribution in [2.24, 2.45) is 0 Å². The van der Waals surface area contributed by atoms with Crippen molar-refractivity contribution < 1.29 is 9.53 Å². The molecule has 0 saturated carbocycles. The van der Waals surface area contributed by atoms with Gasteiger partial charge in [-0.3, -0.25) is 4.79 Å². The van der Waals surface area contributed by atoms with E-state index in [-0.39, 0.29) is 11.4 Å². The first kappa shape index (κ1) is 11.8. The van der Waals surface area contributed by atoms with Crippen molar-refractivity contribution in [1.82, 2.24) is 0 Å². The number of hydrogen-bond acceptors (Lipinski definition) is 2. The predicted octanol–water partition coefficient (Wildman–Crippen LogP) is 2.70. The zero-order chi connectivity index (χ0) is 11.5. The zero-order valence-electron chi connectivity index (χ0n) is 9.83. The van der Waals surface area contributed by atoms with Crippen LogP contribution in [0.15, 0.2) is 24.3 Å². The topological polar surface area (TPSA) is 26.3 Å². The normalized spacial score (nSPS) is 11.2. The minimum atomic E-state index is -0.193. The van der Waals surface area contributed by atoms with E-state index in [1.165, 1.54) is 12.7 Å². The summed E-state index contributed by atoms with van der Waals surface area (Å²) in [4.78, 5) is 11.1. The third kappa shape index (κ3) is 3.39. The second-order valence-electron chi connectivity index (χ2n) is 4.70. The number of benzene rings is 1. The van der Waals surface area contributed by atoms with Crippen molar-refractivity contribution in [3.05, 3.63) is 35.4 Å². The zero-order valence-corrected chi connectivity index (χ0v) is 9.83. The Balaban J connectivity index is 2.88. The Labute approximate surface area is 91.3 Å². The van der Waals surface area contributed by atoms with Crippen molar-refractivity contribution >= 4 is 5.97 Å². The summed E-state index contributed by atoms with van der Waals surface area (Å²) in [6.07, 6.45) is 0.348. The molecular weight excluding hydrogens is 188 g/mol. The summed E-state index contributed by atoms with van der Waals surface area (Å²) in [6, 6.07) is 8.09. The van der Waals surface area contributed by atoms with Crippen molar-refractivity contribution in [3.63, 3.8) is 0 Å².